The van der Waals surface area contributed by atoms with Gasteiger partial charge in [0.1, 0.15) is 5.78 Å². The van der Waals surface area contributed by atoms with Gasteiger partial charge in [0.25, 0.3) is 11.8 Å². The zero-order valence-corrected chi connectivity index (χ0v) is 13.0. The maximum atomic E-state index is 12.5. The van der Waals surface area contributed by atoms with Gasteiger partial charge in [-0.2, -0.15) is 0 Å². The molecule has 1 aromatic rings. The first-order chi connectivity index (χ1) is 11.6. The molecule has 5 heteroatoms. The molecule has 0 bridgehead atoms. The fourth-order valence-electron chi connectivity index (χ4n) is 4.61. The average Bonchev–Trinajstić information content (AvgIpc) is 3.01. The van der Waals surface area contributed by atoms with Crippen molar-refractivity contribution >= 4 is 23.3 Å². The summed E-state index contributed by atoms with van der Waals surface area (Å²) < 4.78 is 0. The Bertz CT molecular complexity index is 894. The molecule has 1 aromatic carbocycles. The highest BCUT2D eigenvalue weighted by Gasteiger charge is 2.49. The Morgan fingerprint density at radius 3 is 2.58 bits per heavy atom. The van der Waals surface area contributed by atoms with Crippen molar-refractivity contribution < 1.29 is 14.4 Å². The second-order valence-electron chi connectivity index (χ2n) is 6.80. The summed E-state index contributed by atoms with van der Waals surface area (Å²) in [7, 11) is 0. The molecule has 2 aliphatic carbocycles. The lowest BCUT2D eigenvalue weighted by Crippen LogP contribution is -2.31. The van der Waals surface area contributed by atoms with E-state index in [0.717, 1.165) is 22.4 Å². The van der Waals surface area contributed by atoms with Crippen molar-refractivity contribution in [3.05, 3.63) is 52.1 Å². The Kier molecular flexibility index (Phi) is 2.66. The van der Waals surface area contributed by atoms with Crippen LogP contribution < -0.4 is 10.6 Å². The van der Waals surface area contributed by atoms with E-state index in [4.69, 9.17) is 0 Å². The summed E-state index contributed by atoms with van der Waals surface area (Å²) in [5, 5.41) is 6.00. The number of hydrogen-bond acceptors (Lipinski definition) is 4. The Morgan fingerprint density at radius 2 is 1.71 bits per heavy atom. The van der Waals surface area contributed by atoms with Gasteiger partial charge in [-0.25, -0.2) is 0 Å². The van der Waals surface area contributed by atoms with E-state index in [2.05, 4.69) is 10.6 Å². The topological polar surface area (TPSA) is 75.3 Å². The van der Waals surface area contributed by atoms with Crippen LogP contribution in [0.15, 0.2) is 46.6 Å². The summed E-state index contributed by atoms with van der Waals surface area (Å²) in [6.45, 7) is 0. The lowest BCUT2D eigenvalue weighted by molar-refractivity contribution is -0.124. The van der Waals surface area contributed by atoms with Crippen molar-refractivity contribution in [2.75, 3.05) is 5.32 Å². The molecule has 2 atom stereocenters. The highest BCUT2D eigenvalue weighted by molar-refractivity contribution is 6.23. The van der Waals surface area contributed by atoms with Crippen LogP contribution in [0.4, 0.5) is 5.69 Å². The van der Waals surface area contributed by atoms with Crippen molar-refractivity contribution in [2.45, 2.75) is 37.6 Å². The molecule has 5 rings (SSSR count). The Balaban J connectivity index is 1.76. The number of rotatable bonds is 0. The van der Waals surface area contributed by atoms with Crippen molar-refractivity contribution in [3.63, 3.8) is 0 Å². The van der Waals surface area contributed by atoms with E-state index in [9.17, 15) is 14.4 Å². The van der Waals surface area contributed by atoms with Crippen molar-refractivity contribution in [2.24, 2.45) is 0 Å². The van der Waals surface area contributed by atoms with Gasteiger partial charge in [0.05, 0.1) is 11.6 Å². The summed E-state index contributed by atoms with van der Waals surface area (Å²) in [4.78, 5) is 36.9. The largest absolute Gasteiger partial charge is 0.377 e. The third kappa shape index (κ3) is 1.67. The number of nitrogens with one attached hydrogen (secondary N) is 2. The fourth-order valence-corrected chi connectivity index (χ4v) is 4.61. The molecule has 0 radical (unpaired) electrons. The van der Waals surface area contributed by atoms with E-state index >= 15 is 0 Å². The van der Waals surface area contributed by atoms with Gasteiger partial charge in [0.2, 0.25) is 0 Å². The molecule has 120 valence electrons. The highest BCUT2D eigenvalue weighted by atomic mass is 16.2. The minimum absolute atomic E-state index is 0.0290. The quantitative estimate of drug-likeness (QED) is 0.717. The fraction of sp³-hybridized carbons (Fsp3) is 0.316. The smallest absolute Gasteiger partial charge is 0.258 e. The minimum Gasteiger partial charge on any atom is -0.377 e. The molecule has 24 heavy (non-hydrogen) atoms. The van der Waals surface area contributed by atoms with Gasteiger partial charge in [0.15, 0.2) is 0 Å². The number of imide groups is 1. The average molecular weight is 320 g/mol. The lowest BCUT2D eigenvalue weighted by Gasteiger charge is -2.30. The van der Waals surface area contributed by atoms with Crippen LogP contribution in [0.5, 0.6) is 0 Å². The second-order valence-corrected chi connectivity index (χ2v) is 6.80. The molecule has 4 aliphatic rings. The molecule has 0 saturated heterocycles. The molecule has 0 fully saturated rings. The summed E-state index contributed by atoms with van der Waals surface area (Å²) >= 11 is 0. The number of carbonyl (C=O) groups is 3. The number of benzene rings is 1. The molecule has 2 aliphatic heterocycles. The van der Waals surface area contributed by atoms with Crippen molar-refractivity contribution in [3.8, 4) is 0 Å². The molecule has 0 aromatic heterocycles. The first-order valence-corrected chi connectivity index (χ1v) is 8.34. The van der Waals surface area contributed by atoms with Crippen LogP contribution in [-0.4, -0.2) is 23.6 Å². The monoisotopic (exact) mass is 320 g/mol. The lowest BCUT2D eigenvalue weighted by atomic mass is 9.73. The van der Waals surface area contributed by atoms with Crippen molar-refractivity contribution in [1.29, 1.82) is 0 Å². The first kappa shape index (κ1) is 13.7. The van der Waals surface area contributed by atoms with Crippen LogP contribution in [0.2, 0.25) is 0 Å². The Labute approximate surface area is 138 Å². The third-order valence-corrected chi connectivity index (χ3v) is 5.61. The van der Waals surface area contributed by atoms with Crippen molar-refractivity contribution in [1.82, 2.24) is 5.32 Å². The van der Waals surface area contributed by atoms with Gasteiger partial charge in [-0.05, 0) is 35.6 Å². The third-order valence-electron chi connectivity index (χ3n) is 5.61. The Morgan fingerprint density at radius 1 is 0.917 bits per heavy atom. The van der Waals surface area contributed by atoms with Gasteiger partial charge >= 0.3 is 0 Å². The van der Waals surface area contributed by atoms with E-state index in [1.807, 2.05) is 24.3 Å². The Hall–Kier alpha value is -2.69. The highest BCUT2D eigenvalue weighted by Crippen LogP contribution is 2.52. The molecule has 0 spiro atoms. The van der Waals surface area contributed by atoms with Crippen LogP contribution in [0.1, 0.15) is 37.2 Å². The molecular weight excluding hydrogens is 304 g/mol. The van der Waals surface area contributed by atoms with E-state index in [-0.39, 0.29) is 29.6 Å². The zero-order valence-electron chi connectivity index (χ0n) is 13.0. The number of para-hydroxylation sites is 1. The number of Topliss-reactive ketones (excluding diaryl/α,β-unsaturated/α-hetero) is 1. The number of amides is 2. The normalized spacial score (nSPS) is 27.9. The van der Waals surface area contributed by atoms with Gasteiger partial charge in [-0.3, -0.25) is 19.7 Å². The van der Waals surface area contributed by atoms with Gasteiger partial charge in [-0.15, -0.1) is 0 Å². The van der Waals surface area contributed by atoms with E-state index in [0.29, 0.717) is 36.8 Å². The predicted octanol–water partition coefficient (Wildman–Crippen LogP) is 1.97. The van der Waals surface area contributed by atoms with Crippen LogP contribution in [0, 0.1) is 0 Å². The van der Waals surface area contributed by atoms with Gasteiger partial charge in [-0.1, -0.05) is 18.2 Å². The molecule has 2 unspecified atom stereocenters. The molecule has 5 nitrogen and oxygen atoms in total. The van der Waals surface area contributed by atoms with Gasteiger partial charge < -0.3 is 5.32 Å². The van der Waals surface area contributed by atoms with Gasteiger partial charge in [0, 0.05) is 30.0 Å². The maximum absolute atomic E-state index is 12.5. The molecule has 2 amide bonds. The molecule has 2 heterocycles. The number of carbonyl (C=O) groups excluding carboxylic acids is 3. The summed E-state index contributed by atoms with van der Waals surface area (Å²) in [5.41, 5.74) is 5.23. The first-order valence-electron chi connectivity index (χ1n) is 8.34. The summed E-state index contributed by atoms with van der Waals surface area (Å²) in [6, 6.07) is 7.91. The van der Waals surface area contributed by atoms with Crippen LogP contribution in [0.3, 0.4) is 0 Å². The zero-order chi connectivity index (χ0) is 16.4. The summed E-state index contributed by atoms with van der Waals surface area (Å²) in [6.07, 6.45) is 2.17. The van der Waals surface area contributed by atoms with E-state index < -0.39 is 0 Å². The minimum atomic E-state index is -0.306. The van der Waals surface area contributed by atoms with E-state index in [1.54, 1.807) is 0 Å². The van der Waals surface area contributed by atoms with Crippen LogP contribution in [-0.2, 0) is 14.4 Å². The van der Waals surface area contributed by atoms with Crippen LogP contribution in [0.25, 0.3) is 0 Å². The number of anilines is 1. The molecule has 2 N–H and O–H groups in total. The number of ketones is 1. The standard InChI is InChI=1S/C19H16N2O3/c22-9-5-7-10-11(8-6-9)17-14(12-3-1-2-4-13(12)20-17)16-15(10)18(23)21-19(16)24/h1-4,14,17,20H,5-8H2,(H,21,23,24). The predicted molar refractivity (Wildman–Crippen MR) is 87.3 cm³/mol. The van der Waals surface area contributed by atoms with Crippen LogP contribution >= 0.6 is 0 Å². The molecule has 0 saturated carbocycles. The summed E-state index contributed by atoms with van der Waals surface area (Å²) in [5.74, 6) is -0.511. The number of hydrogen-bond donors (Lipinski definition) is 2. The second kappa shape index (κ2) is 4.66. The SMILES string of the molecule is O=C1CCC2=C(CC1)C1Nc3ccccc3C1C1=C2C(=O)NC1=O. The molecular formula is C19H16N2O3. The maximum Gasteiger partial charge on any atom is 0.258 e. The van der Waals surface area contributed by atoms with E-state index in [1.165, 1.54) is 0 Å². The number of fused-ring (bicyclic) bond motifs is 6.